The van der Waals surface area contributed by atoms with Gasteiger partial charge in [-0.2, -0.15) is 0 Å². The highest BCUT2D eigenvalue weighted by Crippen LogP contribution is 2.35. The molecule has 5 nitrogen and oxygen atoms in total. The maximum Gasteiger partial charge on any atom is 0.209 e. The predicted molar refractivity (Wildman–Crippen MR) is 69.5 cm³/mol. The van der Waals surface area contributed by atoms with Gasteiger partial charge in [0.1, 0.15) is 17.1 Å². The van der Waals surface area contributed by atoms with Crippen LogP contribution in [0, 0.1) is 5.92 Å². The number of ether oxygens (including phenoxy) is 1. The lowest BCUT2D eigenvalue weighted by Crippen LogP contribution is -2.45. The molecular weight excluding hydrogens is 248 g/mol. The van der Waals surface area contributed by atoms with Crippen LogP contribution in [0.3, 0.4) is 0 Å². The van der Waals surface area contributed by atoms with Crippen LogP contribution in [0.15, 0.2) is 22.7 Å². The van der Waals surface area contributed by atoms with Gasteiger partial charge in [0.25, 0.3) is 0 Å². The van der Waals surface area contributed by atoms with Gasteiger partial charge in [0, 0.05) is 11.5 Å². The molecule has 0 radical (unpaired) electrons. The molecule has 19 heavy (non-hydrogen) atoms. The smallest absolute Gasteiger partial charge is 0.209 e. The van der Waals surface area contributed by atoms with E-state index in [1.165, 1.54) is 21.0 Å². The number of hydrogen-bond donors (Lipinski definition) is 2. The van der Waals surface area contributed by atoms with Crippen LogP contribution in [0.2, 0.25) is 0 Å². The number of Topliss-reactive ketones (excluding diaryl/α,β-unsaturated/α-hetero) is 2. The molecule has 0 aliphatic heterocycles. The zero-order valence-electron chi connectivity index (χ0n) is 11.9. The van der Waals surface area contributed by atoms with Crippen molar-refractivity contribution in [2.24, 2.45) is 5.92 Å². The van der Waals surface area contributed by atoms with Crippen molar-refractivity contribution in [2.45, 2.75) is 39.7 Å². The lowest BCUT2D eigenvalue weighted by atomic mass is 9.79. The van der Waals surface area contributed by atoms with E-state index in [9.17, 15) is 19.8 Å². The minimum Gasteiger partial charge on any atom is -0.507 e. The molecule has 2 N–H and O–H groups in total. The van der Waals surface area contributed by atoms with E-state index in [0.29, 0.717) is 6.42 Å². The zero-order chi connectivity index (χ0) is 15.0. The third-order valence-electron chi connectivity index (χ3n) is 3.55. The Bertz CT molecular complexity index is 482. The number of rotatable bonds is 4. The quantitative estimate of drug-likeness (QED) is 0.758. The van der Waals surface area contributed by atoms with Gasteiger partial charge >= 0.3 is 0 Å². The largest absolute Gasteiger partial charge is 0.507 e. The summed E-state index contributed by atoms with van der Waals surface area (Å²) in [6.45, 7) is 6.25. The molecule has 2 atom stereocenters. The fourth-order valence-corrected chi connectivity index (χ4v) is 2.13. The molecule has 0 amide bonds. The topological polar surface area (TPSA) is 83.8 Å². The van der Waals surface area contributed by atoms with Crippen molar-refractivity contribution in [3.05, 3.63) is 22.7 Å². The van der Waals surface area contributed by atoms with Crippen molar-refractivity contribution in [1.29, 1.82) is 0 Å². The second-order valence-corrected chi connectivity index (χ2v) is 4.96. The van der Waals surface area contributed by atoms with Gasteiger partial charge in [-0.25, -0.2) is 0 Å². The highest BCUT2D eigenvalue weighted by atomic mass is 16.5. The molecule has 0 aromatic carbocycles. The van der Waals surface area contributed by atoms with E-state index < -0.39 is 28.8 Å². The van der Waals surface area contributed by atoms with Gasteiger partial charge in [0.15, 0.2) is 11.4 Å². The van der Waals surface area contributed by atoms with Gasteiger partial charge in [-0.05, 0) is 20.3 Å². The molecule has 0 saturated carbocycles. The normalized spacial score (nSPS) is 25.7. The molecule has 0 heterocycles. The Morgan fingerprint density at radius 2 is 2.00 bits per heavy atom. The number of allylic oxidation sites excluding steroid dienone is 1. The van der Waals surface area contributed by atoms with Gasteiger partial charge in [-0.3, -0.25) is 9.59 Å². The predicted octanol–water partition coefficient (Wildman–Crippen LogP) is 1.67. The Hall–Kier alpha value is -1.62. The molecule has 106 valence electrons. The number of aliphatic hydroxyl groups is 2. The molecular formula is C14H20O5. The number of carbonyl (C=O) groups excluding carboxylic acids is 2. The second kappa shape index (κ2) is 5.17. The van der Waals surface area contributed by atoms with E-state index in [2.05, 4.69) is 0 Å². The average molecular weight is 268 g/mol. The third-order valence-corrected chi connectivity index (χ3v) is 3.55. The Kier molecular flexibility index (Phi) is 4.20. The monoisotopic (exact) mass is 268 g/mol. The maximum atomic E-state index is 12.2. The van der Waals surface area contributed by atoms with Crippen molar-refractivity contribution in [1.82, 2.24) is 0 Å². The number of methoxy groups -OCH3 is 1. The minimum absolute atomic E-state index is 0.0318. The lowest BCUT2D eigenvalue weighted by molar-refractivity contribution is -0.135. The first kappa shape index (κ1) is 15.4. The summed E-state index contributed by atoms with van der Waals surface area (Å²) in [7, 11) is 1.30. The summed E-state index contributed by atoms with van der Waals surface area (Å²) in [6, 6.07) is 0. The van der Waals surface area contributed by atoms with Crippen LogP contribution in [0.1, 0.15) is 34.1 Å². The van der Waals surface area contributed by atoms with Gasteiger partial charge in [-0.15, -0.1) is 0 Å². The van der Waals surface area contributed by atoms with E-state index in [1.54, 1.807) is 6.92 Å². The molecule has 1 rings (SSSR count). The van der Waals surface area contributed by atoms with Crippen LogP contribution in [-0.4, -0.2) is 34.5 Å². The summed E-state index contributed by atoms with van der Waals surface area (Å²) in [5, 5.41) is 20.3. The van der Waals surface area contributed by atoms with Crippen molar-refractivity contribution in [2.75, 3.05) is 7.11 Å². The molecule has 0 fully saturated rings. The van der Waals surface area contributed by atoms with Crippen LogP contribution >= 0.6 is 0 Å². The molecule has 5 heteroatoms. The lowest BCUT2D eigenvalue weighted by Gasteiger charge is -2.31. The average Bonchev–Trinajstić information content (AvgIpc) is 2.36. The Morgan fingerprint density at radius 3 is 2.42 bits per heavy atom. The van der Waals surface area contributed by atoms with E-state index in [-0.39, 0.29) is 16.9 Å². The van der Waals surface area contributed by atoms with E-state index in [4.69, 9.17) is 4.74 Å². The summed E-state index contributed by atoms with van der Waals surface area (Å²) in [5.41, 5.74) is -2.06. The van der Waals surface area contributed by atoms with Gasteiger partial charge in [-0.1, -0.05) is 13.8 Å². The molecule has 1 aliphatic rings. The number of aliphatic hydroxyl groups excluding tert-OH is 1. The SMILES string of the molecule is CCC(C)C(=O)C1=C(O)C(C)=C(OC)[C@@](C)(O)C1=O. The van der Waals surface area contributed by atoms with Crippen LogP contribution in [0.4, 0.5) is 0 Å². The molecule has 0 bridgehead atoms. The fraction of sp³-hybridized carbons (Fsp3) is 0.571. The summed E-state index contributed by atoms with van der Waals surface area (Å²) in [4.78, 5) is 24.4. The van der Waals surface area contributed by atoms with Gasteiger partial charge in [0.2, 0.25) is 5.78 Å². The molecule has 1 unspecified atom stereocenters. The number of ketones is 2. The summed E-state index contributed by atoms with van der Waals surface area (Å²) in [5.74, 6) is -2.11. The molecule has 0 saturated heterocycles. The molecule has 0 aromatic heterocycles. The Labute approximate surface area is 112 Å². The minimum atomic E-state index is -1.93. The van der Waals surface area contributed by atoms with Crippen molar-refractivity contribution in [3.8, 4) is 0 Å². The molecule has 1 aliphatic carbocycles. The highest BCUT2D eigenvalue weighted by Gasteiger charge is 2.47. The van der Waals surface area contributed by atoms with Crippen LogP contribution in [-0.2, 0) is 14.3 Å². The zero-order valence-corrected chi connectivity index (χ0v) is 11.9. The third kappa shape index (κ3) is 2.30. The number of hydrogen-bond acceptors (Lipinski definition) is 5. The standard InChI is InChI=1S/C14H20O5/c1-6-7(2)10(15)9-11(16)8(3)13(19-5)14(4,18)12(9)17/h7,16,18H,6H2,1-5H3/t7?,14-/m0/s1. The Morgan fingerprint density at radius 1 is 1.47 bits per heavy atom. The van der Waals surface area contributed by atoms with Crippen LogP contribution in [0.25, 0.3) is 0 Å². The first-order valence-electron chi connectivity index (χ1n) is 6.20. The fourth-order valence-electron chi connectivity index (χ4n) is 2.13. The van der Waals surface area contributed by atoms with Crippen molar-refractivity contribution in [3.63, 3.8) is 0 Å². The second-order valence-electron chi connectivity index (χ2n) is 4.96. The molecule has 0 aromatic rings. The van der Waals surface area contributed by atoms with Crippen LogP contribution < -0.4 is 0 Å². The van der Waals surface area contributed by atoms with Crippen molar-refractivity contribution < 1.29 is 24.5 Å². The van der Waals surface area contributed by atoms with E-state index in [0.717, 1.165) is 0 Å². The van der Waals surface area contributed by atoms with Gasteiger partial charge < -0.3 is 14.9 Å². The first-order valence-corrected chi connectivity index (χ1v) is 6.20. The Balaban J connectivity index is 3.47. The summed E-state index contributed by atoms with van der Waals surface area (Å²) < 4.78 is 4.98. The van der Waals surface area contributed by atoms with E-state index >= 15 is 0 Å². The molecule has 0 spiro atoms. The maximum absolute atomic E-state index is 12.2. The van der Waals surface area contributed by atoms with Crippen LogP contribution in [0.5, 0.6) is 0 Å². The van der Waals surface area contributed by atoms with E-state index in [1.807, 2.05) is 6.92 Å². The van der Waals surface area contributed by atoms with Gasteiger partial charge in [0.05, 0.1) is 7.11 Å². The number of carbonyl (C=O) groups is 2. The highest BCUT2D eigenvalue weighted by molar-refractivity contribution is 6.25. The van der Waals surface area contributed by atoms with Crippen molar-refractivity contribution >= 4 is 11.6 Å². The first-order chi connectivity index (χ1) is 8.69. The summed E-state index contributed by atoms with van der Waals surface area (Å²) >= 11 is 0. The summed E-state index contributed by atoms with van der Waals surface area (Å²) in [6.07, 6.45) is 0.547.